The van der Waals surface area contributed by atoms with Gasteiger partial charge in [-0.05, 0) is 61.1 Å². The predicted octanol–water partition coefficient (Wildman–Crippen LogP) is 4.72. The van der Waals surface area contributed by atoms with Crippen LogP contribution in [0.25, 0.3) is 0 Å². The number of thiocarbonyl (C=S) groups is 1. The Kier molecular flexibility index (Phi) is 6.27. The molecule has 1 amide bonds. The van der Waals surface area contributed by atoms with E-state index in [9.17, 15) is 13.6 Å². The molecule has 0 aliphatic rings. The highest BCUT2D eigenvalue weighted by Gasteiger charge is 2.11. The second kappa shape index (κ2) is 8.85. The van der Waals surface area contributed by atoms with E-state index in [0.717, 1.165) is 12.1 Å². The van der Waals surface area contributed by atoms with Gasteiger partial charge in [-0.15, -0.1) is 11.3 Å². The Morgan fingerprint density at radius 1 is 1.07 bits per heavy atom. The standard InChI is InChI=1S/C19H16F2N4OS2/c1-11(12-2-7-15(20)16(21)8-12)23-19(27)25-14-5-3-13(4-6-14)24-18(26)17-9-28-10-22-17/h2-11H,1H3,(H,24,26)(H2,23,25,27). The van der Waals surface area contributed by atoms with E-state index in [1.165, 1.54) is 17.4 Å². The summed E-state index contributed by atoms with van der Waals surface area (Å²) >= 11 is 6.61. The first-order chi connectivity index (χ1) is 13.4. The number of aromatic nitrogens is 1. The van der Waals surface area contributed by atoms with E-state index in [1.54, 1.807) is 42.1 Å². The van der Waals surface area contributed by atoms with Crippen molar-refractivity contribution in [1.82, 2.24) is 10.3 Å². The average Bonchev–Trinajstić information content (AvgIpc) is 3.20. The zero-order valence-electron chi connectivity index (χ0n) is 14.7. The van der Waals surface area contributed by atoms with E-state index in [1.807, 2.05) is 0 Å². The molecule has 0 saturated carbocycles. The lowest BCUT2D eigenvalue weighted by Crippen LogP contribution is -2.31. The molecular weight excluding hydrogens is 402 g/mol. The smallest absolute Gasteiger partial charge is 0.275 e. The summed E-state index contributed by atoms with van der Waals surface area (Å²) in [6, 6.07) is 10.4. The Balaban J connectivity index is 1.55. The molecule has 0 aliphatic carbocycles. The third-order valence-corrected chi connectivity index (χ3v) is 4.66. The first-order valence-electron chi connectivity index (χ1n) is 8.24. The molecule has 3 N–H and O–H groups in total. The molecule has 144 valence electrons. The van der Waals surface area contributed by atoms with Crippen molar-refractivity contribution in [3.63, 3.8) is 0 Å². The number of halogens is 2. The lowest BCUT2D eigenvalue weighted by Gasteiger charge is -2.17. The molecule has 1 aromatic heterocycles. The van der Waals surface area contributed by atoms with Gasteiger partial charge in [0.05, 0.1) is 11.6 Å². The number of hydrogen-bond donors (Lipinski definition) is 3. The summed E-state index contributed by atoms with van der Waals surface area (Å²) in [5, 5.41) is 10.8. The Morgan fingerprint density at radius 2 is 1.75 bits per heavy atom. The Bertz CT molecular complexity index is 978. The van der Waals surface area contributed by atoms with Gasteiger partial charge in [-0.3, -0.25) is 4.79 Å². The molecule has 0 radical (unpaired) electrons. The fraction of sp³-hybridized carbons (Fsp3) is 0.105. The van der Waals surface area contributed by atoms with E-state index < -0.39 is 11.6 Å². The summed E-state index contributed by atoms with van der Waals surface area (Å²) in [7, 11) is 0. The molecule has 0 aliphatic heterocycles. The molecule has 9 heteroatoms. The molecule has 0 bridgehead atoms. The molecular formula is C19H16F2N4OS2. The van der Waals surface area contributed by atoms with Crippen LogP contribution in [0.1, 0.15) is 29.0 Å². The van der Waals surface area contributed by atoms with Crippen LogP contribution in [0.2, 0.25) is 0 Å². The molecule has 1 heterocycles. The minimum Gasteiger partial charge on any atom is -0.356 e. The highest BCUT2D eigenvalue weighted by Crippen LogP contribution is 2.18. The number of hydrogen-bond acceptors (Lipinski definition) is 4. The summed E-state index contributed by atoms with van der Waals surface area (Å²) in [6.45, 7) is 1.79. The number of carbonyl (C=O) groups is 1. The molecule has 1 unspecified atom stereocenters. The number of carbonyl (C=O) groups excluding carboxylic acids is 1. The van der Waals surface area contributed by atoms with Gasteiger partial charge in [0.1, 0.15) is 5.69 Å². The van der Waals surface area contributed by atoms with Crippen LogP contribution in [0.15, 0.2) is 53.4 Å². The van der Waals surface area contributed by atoms with Gasteiger partial charge in [0.25, 0.3) is 5.91 Å². The third-order valence-electron chi connectivity index (χ3n) is 3.86. The quantitative estimate of drug-likeness (QED) is 0.523. The second-order valence-electron chi connectivity index (χ2n) is 5.90. The van der Waals surface area contributed by atoms with E-state index in [2.05, 4.69) is 20.9 Å². The molecule has 3 rings (SSSR count). The van der Waals surface area contributed by atoms with Crippen molar-refractivity contribution >= 4 is 45.9 Å². The lowest BCUT2D eigenvalue weighted by molar-refractivity contribution is 0.102. The highest BCUT2D eigenvalue weighted by molar-refractivity contribution is 7.80. The van der Waals surface area contributed by atoms with Gasteiger partial charge in [0, 0.05) is 16.8 Å². The molecule has 2 aromatic carbocycles. The molecule has 0 saturated heterocycles. The van der Waals surface area contributed by atoms with Crippen molar-refractivity contribution in [1.29, 1.82) is 0 Å². The first-order valence-corrected chi connectivity index (χ1v) is 9.59. The van der Waals surface area contributed by atoms with Crippen molar-refractivity contribution < 1.29 is 13.6 Å². The fourth-order valence-electron chi connectivity index (χ4n) is 2.39. The van der Waals surface area contributed by atoms with Gasteiger partial charge < -0.3 is 16.0 Å². The Labute approximate surface area is 169 Å². The minimum atomic E-state index is -0.902. The van der Waals surface area contributed by atoms with Crippen LogP contribution < -0.4 is 16.0 Å². The number of nitrogens with zero attached hydrogens (tertiary/aromatic N) is 1. The Hall–Kier alpha value is -2.91. The summed E-state index contributed by atoms with van der Waals surface area (Å²) in [5.74, 6) is -2.07. The van der Waals surface area contributed by atoms with Gasteiger partial charge in [-0.1, -0.05) is 6.07 Å². The topological polar surface area (TPSA) is 66.0 Å². The maximum Gasteiger partial charge on any atom is 0.275 e. The first kappa shape index (κ1) is 19.8. The summed E-state index contributed by atoms with van der Waals surface area (Å²) in [5.41, 5.74) is 3.86. The van der Waals surface area contributed by atoms with Crippen molar-refractivity contribution in [3.05, 3.63) is 76.2 Å². The van der Waals surface area contributed by atoms with Gasteiger partial charge >= 0.3 is 0 Å². The van der Waals surface area contributed by atoms with Gasteiger partial charge in [0.15, 0.2) is 16.7 Å². The highest BCUT2D eigenvalue weighted by atomic mass is 32.1. The Morgan fingerprint density at radius 3 is 2.36 bits per heavy atom. The molecule has 0 spiro atoms. The number of benzene rings is 2. The van der Waals surface area contributed by atoms with Crippen LogP contribution in [-0.2, 0) is 0 Å². The number of amides is 1. The van der Waals surface area contributed by atoms with Crippen molar-refractivity contribution in [2.75, 3.05) is 10.6 Å². The second-order valence-corrected chi connectivity index (χ2v) is 7.03. The van der Waals surface area contributed by atoms with Crippen LogP contribution in [0, 0.1) is 11.6 Å². The normalized spacial score (nSPS) is 11.5. The molecule has 0 fully saturated rings. The molecule has 28 heavy (non-hydrogen) atoms. The van der Waals surface area contributed by atoms with Crippen LogP contribution in [0.5, 0.6) is 0 Å². The number of nitrogens with one attached hydrogen (secondary N) is 3. The summed E-state index contributed by atoms with van der Waals surface area (Å²) in [4.78, 5) is 15.9. The van der Waals surface area contributed by atoms with E-state index in [4.69, 9.17) is 12.2 Å². The summed E-state index contributed by atoms with van der Waals surface area (Å²) in [6.07, 6.45) is 0. The SMILES string of the molecule is CC(NC(=S)Nc1ccc(NC(=O)c2cscn2)cc1)c1ccc(F)c(F)c1. The van der Waals surface area contributed by atoms with Crippen LogP contribution in [0.4, 0.5) is 20.2 Å². The van der Waals surface area contributed by atoms with Crippen LogP contribution in [-0.4, -0.2) is 16.0 Å². The van der Waals surface area contributed by atoms with Gasteiger partial charge in [0.2, 0.25) is 0 Å². The molecule has 5 nitrogen and oxygen atoms in total. The van der Waals surface area contributed by atoms with E-state index in [-0.39, 0.29) is 11.9 Å². The van der Waals surface area contributed by atoms with Crippen LogP contribution >= 0.6 is 23.6 Å². The maximum atomic E-state index is 13.4. The van der Waals surface area contributed by atoms with Crippen molar-refractivity contribution in [3.8, 4) is 0 Å². The van der Waals surface area contributed by atoms with Crippen LogP contribution in [0.3, 0.4) is 0 Å². The predicted molar refractivity (Wildman–Crippen MR) is 111 cm³/mol. The summed E-state index contributed by atoms with van der Waals surface area (Å²) < 4.78 is 26.4. The van der Waals surface area contributed by atoms with Crippen molar-refractivity contribution in [2.24, 2.45) is 0 Å². The van der Waals surface area contributed by atoms with Crippen molar-refractivity contribution in [2.45, 2.75) is 13.0 Å². The molecule has 1 atom stereocenters. The van der Waals surface area contributed by atoms with E-state index >= 15 is 0 Å². The monoisotopic (exact) mass is 418 g/mol. The maximum absolute atomic E-state index is 13.4. The number of anilines is 2. The third kappa shape index (κ3) is 5.08. The fourth-order valence-corrected chi connectivity index (χ4v) is 3.21. The zero-order valence-corrected chi connectivity index (χ0v) is 16.3. The van der Waals surface area contributed by atoms with Gasteiger partial charge in [-0.2, -0.15) is 0 Å². The van der Waals surface area contributed by atoms with E-state index in [0.29, 0.717) is 27.7 Å². The average molecular weight is 418 g/mol. The largest absolute Gasteiger partial charge is 0.356 e. The van der Waals surface area contributed by atoms with Gasteiger partial charge in [-0.25, -0.2) is 13.8 Å². The lowest BCUT2D eigenvalue weighted by atomic mass is 10.1. The zero-order chi connectivity index (χ0) is 20.1. The number of rotatable bonds is 5. The molecule has 3 aromatic rings. The number of thiazole rings is 1. The minimum absolute atomic E-state index is 0.278.